The quantitative estimate of drug-likeness (QED) is 0.842. The van der Waals surface area contributed by atoms with Crippen molar-refractivity contribution in [2.24, 2.45) is 0 Å². The Labute approximate surface area is 155 Å². The van der Waals surface area contributed by atoms with E-state index in [9.17, 15) is 0 Å². The Morgan fingerprint density at radius 2 is 2.08 bits per heavy atom. The van der Waals surface area contributed by atoms with Crippen LogP contribution in [0.4, 0.5) is 0 Å². The van der Waals surface area contributed by atoms with Crippen LogP contribution < -0.4 is 0 Å². The third-order valence-corrected chi connectivity index (χ3v) is 6.23. The highest BCUT2D eigenvalue weighted by Gasteiger charge is 2.45. The molecule has 2 aromatic heterocycles. The number of imidazole rings is 1. The van der Waals surface area contributed by atoms with Crippen molar-refractivity contribution in [3.63, 3.8) is 0 Å². The molecule has 0 radical (unpaired) electrons. The lowest BCUT2D eigenvalue weighted by atomic mass is 9.78. The minimum absolute atomic E-state index is 0.106. The van der Waals surface area contributed by atoms with E-state index < -0.39 is 0 Å². The monoisotopic (exact) mass is 358 g/mol. The second kappa shape index (κ2) is 7.13. The summed E-state index contributed by atoms with van der Waals surface area (Å²) in [7, 11) is 0. The lowest BCUT2D eigenvalue weighted by molar-refractivity contribution is 0.00705. The number of nitrogens with one attached hydrogen (secondary N) is 1. The Bertz CT molecular complexity index is 743. The molecule has 142 valence electrons. The Balaban J connectivity index is 1.47. The van der Waals surface area contributed by atoms with Crippen molar-refractivity contribution in [1.82, 2.24) is 29.5 Å². The van der Waals surface area contributed by atoms with Gasteiger partial charge in [-0.2, -0.15) is 5.10 Å². The number of aliphatic hydroxyl groups excluding tert-OH is 1. The van der Waals surface area contributed by atoms with Gasteiger partial charge in [-0.05, 0) is 26.3 Å². The molecule has 1 saturated heterocycles. The zero-order chi connectivity index (χ0) is 18.1. The third kappa shape index (κ3) is 2.98. The van der Waals surface area contributed by atoms with Crippen LogP contribution >= 0.6 is 0 Å². The predicted octanol–water partition coefficient (Wildman–Crippen LogP) is 1.28. The molecule has 4 rings (SSSR count). The fourth-order valence-electron chi connectivity index (χ4n) is 4.79. The van der Waals surface area contributed by atoms with Gasteiger partial charge < -0.3 is 10.1 Å². The first kappa shape index (κ1) is 17.7. The lowest BCUT2D eigenvalue weighted by Crippen LogP contribution is -2.56. The zero-order valence-corrected chi connectivity index (χ0v) is 15.9. The Morgan fingerprint density at radius 1 is 1.27 bits per heavy atom. The number of piperidine rings is 1. The van der Waals surface area contributed by atoms with Gasteiger partial charge in [0.05, 0.1) is 36.4 Å². The highest BCUT2D eigenvalue weighted by atomic mass is 16.3. The second-order valence-electron chi connectivity index (χ2n) is 7.59. The van der Waals surface area contributed by atoms with Crippen molar-refractivity contribution in [3.05, 3.63) is 35.2 Å². The highest BCUT2D eigenvalue weighted by molar-refractivity contribution is 5.27. The number of aryl methyl sites for hydroxylation is 1. The van der Waals surface area contributed by atoms with Gasteiger partial charge >= 0.3 is 0 Å². The molecular formula is C19H30N6O. The van der Waals surface area contributed by atoms with Crippen LogP contribution in [0.15, 0.2) is 12.5 Å². The minimum Gasteiger partial charge on any atom is -0.394 e. The van der Waals surface area contributed by atoms with Crippen molar-refractivity contribution in [3.8, 4) is 0 Å². The maximum Gasteiger partial charge on any atom is 0.0926 e. The molecule has 7 nitrogen and oxygen atoms in total. The van der Waals surface area contributed by atoms with Gasteiger partial charge in [0.1, 0.15) is 0 Å². The molecule has 1 fully saturated rings. The summed E-state index contributed by atoms with van der Waals surface area (Å²) in [5, 5.41) is 13.6. The summed E-state index contributed by atoms with van der Waals surface area (Å²) in [5.41, 5.74) is 5.07. The summed E-state index contributed by atoms with van der Waals surface area (Å²) in [6.45, 7) is 10.3. The largest absolute Gasteiger partial charge is 0.394 e. The standard InChI is InChI=1S/C19H30N6O/c1-3-24-7-4-17-18(21-14-20-17)19(24)5-8-23(9-6-19)12-16-13-25(10-11-26)22-15(16)2/h13-14,26H,3-12H2,1-2H3,(H,20,21). The molecule has 0 aliphatic carbocycles. The minimum atomic E-state index is 0.106. The summed E-state index contributed by atoms with van der Waals surface area (Å²) >= 11 is 0. The number of H-pyrrole nitrogens is 1. The number of aromatic nitrogens is 4. The van der Waals surface area contributed by atoms with Crippen molar-refractivity contribution >= 4 is 0 Å². The first-order valence-electron chi connectivity index (χ1n) is 9.80. The molecule has 0 saturated carbocycles. The van der Waals surface area contributed by atoms with E-state index in [0.717, 1.165) is 57.7 Å². The number of rotatable bonds is 5. The molecule has 0 atom stereocenters. The van der Waals surface area contributed by atoms with E-state index in [1.165, 1.54) is 17.0 Å². The van der Waals surface area contributed by atoms with Crippen molar-refractivity contribution in [2.45, 2.75) is 51.7 Å². The van der Waals surface area contributed by atoms with Crippen LogP contribution in [0.3, 0.4) is 0 Å². The van der Waals surface area contributed by atoms with Gasteiger partial charge in [-0.1, -0.05) is 6.92 Å². The lowest BCUT2D eigenvalue weighted by Gasteiger charge is -2.50. The molecule has 2 aromatic rings. The zero-order valence-electron chi connectivity index (χ0n) is 15.9. The number of hydrogen-bond donors (Lipinski definition) is 2. The summed E-state index contributed by atoms with van der Waals surface area (Å²) < 4.78 is 1.85. The normalized spacial score (nSPS) is 20.6. The Kier molecular flexibility index (Phi) is 4.86. The molecule has 0 amide bonds. The fourth-order valence-corrected chi connectivity index (χ4v) is 4.79. The van der Waals surface area contributed by atoms with E-state index in [1.54, 1.807) is 0 Å². The van der Waals surface area contributed by atoms with E-state index in [-0.39, 0.29) is 12.1 Å². The van der Waals surface area contributed by atoms with Crippen molar-refractivity contribution in [2.75, 3.05) is 32.8 Å². The van der Waals surface area contributed by atoms with Crippen LogP contribution in [-0.2, 0) is 25.0 Å². The molecule has 2 aliphatic heterocycles. The maximum absolute atomic E-state index is 9.11. The average molecular weight is 358 g/mol. The number of nitrogens with zero attached hydrogens (tertiary/aromatic N) is 5. The van der Waals surface area contributed by atoms with E-state index in [2.05, 4.69) is 39.9 Å². The fraction of sp³-hybridized carbons (Fsp3) is 0.684. The smallest absolute Gasteiger partial charge is 0.0926 e. The van der Waals surface area contributed by atoms with Gasteiger partial charge in [0.2, 0.25) is 0 Å². The topological polar surface area (TPSA) is 73.2 Å². The van der Waals surface area contributed by atoms with Crippen LogP contribution in [0.25, 0.3) is 0 Å². The predicted molar refractivity (Wildman–Crippen MR) is 99.8 cm³/mol. The highest BCUT2D eigenvalue weighted by Crippen LogP contribution is 2.42. The Hall–Kier alpha value is -1.70. The molecule has 4 heterocycles. The molecule has 2 aliphatic rings. The first-order valence-corrected chi connectivity index (χ1v) is 9.80. The van der Waals surface area contributed by atoms with Crippen LogP contribution in [0.5, 0.6) is 0 Å². The number of likely N-dealkylation sites (N-methyl/N-ethyl adjacent to an activating group) is 1. The molecule has 2 N–H and O–H groups in total. The number of aliphatic hydroxyl groups is 1. The second-order valence-corrected chi connectivity index (χ2v) is 7.59. The summed E-state index contributed by atoms with van der Waals surface area (Å²) in [4.78, 5) is 13.3. The van der Waals surface area contributed by atoms with Crippen LogP contribution in [0, 0.1) is 6.92 Å². The molecule has 0 unspecified atom stereocenters. The van der Waals surface area contributed by atoms with Gasteiger partial charge in [-0.15, -0.1) is 0 Å². The molecule has 26 heavy (non-hydrogen) atoms. The third-order valence-electron chi connectivity index (χ3n) is 6.23. The molecule has 1 spiro atoms. The summed E-state index contributed by atoms with van der Waals surface area (Å²) in [5.74, 6) is 0. The van der Waals surface area contributed by atoms with E-state index in [0.29, 0.717) is 6.54 Å². The average Bonchev–Trinajstić information content (AvgIpc) is 3.25. The van der Waals surface area contributed by atoms with Crippen molar-refractivity contribution in [1.29, 1.82) is 0 Å². The van der Waals surface area contributed by atoms with Crippen LogP contribution in [0.1, 0.15) is 42.4 Å². The van der Waals surface area contributed by atoms with Gasteiger partial charge in [0.25, 0.3) is 0 Å². The van der Waals surface area contributed by atoms with Crippen LogP contribution in [-0.4, -0.2) is 67.4 Å². The maximum atomic E-state index is 9.11. The Morgan fingerprint density at radius 3 is 2.81 bits per heavy atom. The van der Waals surface area contributed by atoms with E-state index >= 15 is 0 Å². The molecular weight excluding hydrogens is 328 g/mol. The first-order chi connectivity index (χ1) is 12.7. The SMILES string of the molecule is CCN1CCc2[nH]cnc2C12CCN(Cc1cn(CCO)nc1C)CC2. The van der Waals surface area contributed by atoms with Gasteiger partial charge in [-0.25, -0.2) is 4.98 Å². The number of fused-ring (bicyclic) bond motifs is 2. The van der Waals surface area contributed by atoms with Gasteiger partial charge in [0, 0.05) is 50.1 Å². The number of aromatic amines is 1. The summed E-state index contributed by atoms with van der Waals surface area (Å²) in [6.07, 6.45) is 7.29. The van der Waals surface area contributed by atoms with E-state index in [1.807, 2.05) is 11.0 Å². The molecule has 0 aromatic carbocycles. The van der Waals surface area contributed by atoms with Gasteiger partial charge in [0.15, 0.2) is 0 Å². The summed E-state index contributed by atoms with van der Waals surface area (Å²) in [6, 6.07) is 0. The van der Waals surface area contributed by atoms with E-state index in [4.69, 9.17) is 10.1 Å². The molecule has 7 heteroatoms. The van der Waals surface area contributed by atoms with Crippen LogP contribution in [0.2, 0.25) is 0 Å². The van der Waals surface area contributed by atoms with Crippen molar-refractivity contribution < 1.29 is 5.11 Å². The number of likely N-dealkylation sites (tertiary alicyclic amines) is 1. The number of hydrogen-bond acceptors (Lipinski definition) is 5. The molecule has 0 bridgehead atoms. The van der Waals surface area contributed by atoms with Gasteiger partial charge in [-0.3, -0.25) is 14.5 Å².